The Balaban J connectivity index is 2.40. The highest BCUT2D eigenvalue weighted by molar-refractivity contribution is 7.86. The van der Waals surface area contributed by atoms with Crippen LogP contribution in [-0.2, 0) is 30.4 Å². The summed E-state index contributed by atoms with van der Waals surface area (Å²) in [7, 11) is -15.0. The maximum atomic E-state index is 11.8. The van der Waals surface area contributed by atoms with Gasteiger partial charge < -0.3 is 10.8 Å². The van der Waals surface area contributed by atoms with Gasteiger partial charge in [-0.15, -0.1) is 10.2 Å². The van der Waals surface area contributed by atoms with Crippen molar-refractivity contribution in [3.05, 3.63) is 46.5 Å². The lowest BCUT2D eigenvalue weighted by Crippen LogP contribution is -2.04. The normalized spacial score (nSPS) is 12.9. The Bertz CT molecular complexity index is 1770. The molecule has 186 valence electrons. The largest absolute Gasteiger partial charge is 0.507 e. The molecule has 3 rings (SSSR count). The minimum Gasteiger partial charge on any atom is -0.507 e. The molecular formula is C16H12N4O12S3. The highest BCUT2D eigenvalue weighted by Crippen LogP contribution is 2.44. The predicted molar refractivity (Wildman–Crippen MR) is 117 cm³/mol. The third-order valence-corrected chi connectivity index (χ3v) is 7.04. The summed E-state index contributed by atoms with van der Waals surface area (Å²) in [5.74, 6) is -0.892. The monoisotopic (exact) mass is 548 g/mol. The molecule has 0 radical (unpaired) electrons. The Kier molecular flexibility index (Phi) is 6.27. The number of hydrogen-bond donors (Lipinski definition) is 5. The van der Waals surface area contributed by atoms with Gasteiger partial charge >= 0.3 is 0 Å². The van der Waals surface area contributed by atoms with Crippen LogP contribution in [0.4, 0.5) is 22.7 Å². The fraction of sp³-hybridized carbons (Fsp3) is 0. The SMILES string of the molecule is Nc1c(S(=O)(=O)O)cc2cc(S(=O)(=O)O)cc(O)c2c1N=Nc1ccc([N+](=O)[O-])cc1S(=O)(=O)O. The smallest absolute Gasteiger partial charge is 0.297 e. The van der Waals surface area contributed by atoms with Crippen LogP contribution in [0.2, 0.25) is 0 Å². The summed E-state index contributed by atoms with van der Waals surface area (Å²) in [6.45, 7) is 0. The van der Waals surface area contributed by atoms with Crippen molar-refractivity contribution >= 4 is 63.9 Å². The average molecular weight is 548 g/mol. The molecule has 0 amide bonds. The van der Waals surface area contributed by atoms with Crippen molar-refractivity contribution in [2.45, 2.75) is 14.7 Å². The number of nitrogen functional groups attached to an aromatic ring is 1. The van der Waals surface area contributed by atoms with Crippen LogP contribution >= 0.6 is 0 Å². The summed E-state index contributed by atoms with van der Waals surface area (Å²) in [4.78, 5) is 7.04. The van der Waals surface area contributed by atoms with Crippen molar-refractivity contribution in [1.29, 1.82) is 0 Å². The molecule has 16 nitrogen and oxygen atoms in total. The van der Waals surface area contributed by atoms with E-state index in [1.165, 1.54) is 0 Å². The average Bonchev–Trinajstić information content (AvgIpc) is 2.70. The Hall–Kier alpha value is -3.75. The maximum absolute atomic E-state index is 11.8. The second-order valence-corrected chi connectivity index (χ2v) is 10.9. The van der Waals surface area contributed by atoms with Gasteiger partial charge in [-0.2, -0.15) is 25.3 Å². The number of anilines is 1. The number of fused-ring (bicyclic) bond motifs is 1. The summed E-state index contributed by atoms with van der Waals surface area (Å²) in [6.07, 6.45) is 0. The molecule has 19 heteroatoms. The minimum atomic E-state index is -5.08. The van der Waals surface area contributed by atoms with Gasteiger partial charge in [-0.05, 0) is 23.6 Å². The van der Waals surface area contributed by atoms with Crippen LogP contribution in [0.5, 0.6) is 5.75 Å². The topological polar surface area (TPSA) is 277 Å². The Morgan fingerprint density at radius 1 is 0.829 bits per heavy atom. The zero-order valence-electron chi connectivity index (χ0n) is 16.7. The van der Waals surface area contributed by atoms with Crippen molar-refractivity contribution in [1.82, 2.24) is 0 Å². The molecule has 0 aliphatic heterocycles. The van der Waals surface area contributed by atoms with E-state index in [9.17, 15) is 54.1 Å². The molecule has 0 heterocycles. The van der Waals surface area contributed by atoms with Crippen molar-refractivity contribution in [2.75, 3.05) is 5.73 Å². The molecular weight excluding hydrogens is 536 g/mol. The summed E-state index contributed by atoms with van der Waals surface area (Å²) >= 11 is 0. The highest BCUT2D eigenvalue weighted by Gasteiger charge is 2.25. The van der Waals surface area contributed by atoms with Gasteiger partial charge in [0, 0.05) is 18.2 Å². The van der Waals surface area contributed by atoms with E-state index in [0.29, 0.717) is 24.3 Å². The van der Waals surface area contributed by atoms with E-state index in [2.05, 4.69) is 10.2 Å². The number of benzene rings is 3. The number of nitrogens with two attached hydrogens (primary N) is 1. The molecule has 0 atom stereocenters. The number of nitro benzene ring substituents is 1. The van der Waals surface area contributed by atoms with E-state index in [0.717, 1.165) is 12.1 Å². The first-order valence-electron chi connectivity index (χ1n) is 8.63. The minimum absolute atomic E-state index is 0.410. The number of hydrogen-bond acceptors (Lipinski definition) is 12. The van der Waals surface area contributed by atoms with Crippen molar-refractivity contribution in [3.63, 3.8) is 0 Å². The first-order valence-corrected chi connectivity index (χ1v) is 12.9. The Morgan fingerprint density at radius 2 is 1.43 bits per heavy atom. The van der Waals surface area contributed by atoms with E-state index >= 15 is 0 Å². The molecule has 3 aromatic carbocycles. The van der Waals surface area contributed by atoms with Crippen LogP contribution in [0.15, 0.2) is 61.3 Å². The summed E-state index contributed by atoms with van der Waals surface area (Å²) in [6, 6.07) is 4.02. The first kappa shape index (κ1) is 25.9. The molecule has 0 spiro atoms. The van der Waals surface area contributed by atoms with E-state index in [1.807, 2.05) is 0 Å². The second-order valence-electron chi connectivity index (χ2n) is 6.71. The van der Waals surface area contributed by atoms with Crippen LogP contribution in [-0.4, -0.2) is 48.9 Å². The lowest BCUT2D eigenvalue weighted by molar-refractivity contribution is -0.385. The van der Waals surface area contributed by atoms with Gasteiger partial charge in [0.1, 0.15) is 26.9 Å². The lowest BCUT2D eigenvalue weighted by Gasteiger charge is -2.12. The standard InChI is InChI=1S/C16H12N4O12S3/c17-15-13(35(30,31)32)4-7-3-9(33(24,25)26)6-11(21)14(7)16(15)19-18-10-2-1-8(20(22)23)5-12(10)34(27,28)29/h1-6,21H,17H2,(H,24,25,26)(H,27,28,29)(H,30,31,32). The zero-order chi connectivity index (χ0) is 26.5. The summed E-state index contributed by atoms with van der Waals surface area (Å²) in [5, 5.41) is 27.5. The number of rotatable bonds is 6. The van der Waals surface area contributed by atoms with Crippen LogP contribution in [0.3, 0.4) is 0 Å². The second kappa shape index (κ2) is 8.48. The van der Waals surface area contributed by atoms with Gasteiger partial charge in [0.15, 0.2) is 0 Å². The summed E-state index contributed by atoms with van der Waals surface area (Å²) in [5.41, 5.74) is 2.84. The van der Waals surface area contributed by atoms with Gasteiger partial charge in [-0.3, -0.25) is 23.8 Å². The fourth-order valence-electron chi connectivity index (χ4n) is 2.94. The number of nitrogens with zero attached hydrogens (tertiary/aromatic N) is 3. The number of phenols is 1. The van der Waals surface area contributed by atoms with Gasteiger partial charge in [0.05, 0.1) is 20.9 Å². The van der Waals surface area contributed by atoms with Crippen molar-refractivity contribution < 1.29 is 48.9 Å². The van der Waals surface area contributed by atoms with E-state index < -0.39 is 89.2 Å². The van der Waals surface area contributed by atoms with Crippen molar-refractivity contribution in [3.8, 4) is 5.75 Å². The van der Waals surface area contributed by atoms with E-state index in [-0.39, 0.29) is 0 Å². The molecule has 0 bridgehead atoms. The number of phenolic OH excluding ortho intramolecular Hbond substituents is 1. The molecule has 0 saturated carbocycles. The quantitative estimate of drug-likeness (QED) is 0.0971. The lowest BCUT2D eigenvalue weighted by atomic mass is 10.1. The molecule has 0 aliphatic carbocycles. The molecule has 0 saturated heterocycles. The molecule has 3 aromatic rings. The van der Waals surface area contributed by atoms with E-state index in [4.69, 9.17) is 5.73 Å². The number of azo groups is 1. The van der Waals surface area contributed by atoms with Crippen LogP contribution in [0, 0.1) is 10.1 Å². The maximum Gasteiger partial charge on any atom is 0.297 e. The van der Waals surface area contributed by atoms with Crippen LogP contribution < -0.4 is 5.73 Å². The molecule has 0 aliphatic rings. The zero-order valence-corrected chi connectivity index (χ0v) is 19.1. The van der Waals surface area contributed by atoms with Gasteiger partial charge in [-0.1, -0.05) is 0 Å². The van der Waals surface area contributed by atoms with Gasteiger partial charge in [-0.25, -0.2) is 0 Å². The van der Waals surface area contributed by atoms with Crippen molar-refractivity contribution in [2.24, 2.45) is 10.2 Å². The molecule has 35 heavy (non-hydrogen) atoms. The Labute approximate surface area is 195 Å². The molecule has 0 aromatic heterocycles. The number of non-ortho nitro benzene ring substituents is 1. The third kappa shape index (κ3) is 5.18. The fourth-order valence-corrected chi connectivity index (χ4v) is 4.77. The van der Waals surface area contributed by atoms with Crippen LogP contribution in [0.1, 0.15) is 0 Å². The first-order chi connectivity index (χ1) is 15.9. The number of nitro groups is 1. The summed E-state index contributed by atoms with van der Waals surface area (Å²) < 4.78 is 97.9. The third-order valence-electron chi connectivity index (χ3n) is 4.43. The Morgan fingerprint density at radius 3 is 1.94 bits per heavy atom. The number of aromatic hydroxyl groups is 1. The highest BCUT2D eigenvalue weighted by atomic mass is 32.2. The van der Waals surface area contributed by atoms with Crippen LogP contribution in [0.25, 0.3) is 10.8 Å². The molecule has 0 fully saturated rings. The van der Waals surface area contributed by atoms with Gasteiger partial charge in [0.25, 0.3) is 36.0 Å². The predicted octanol–water partition coefficient (Wildman–Crippen LogP) is 2.19. The molecule has 0 unspecified atom stereocenters. The van der Waals surface area contributed by atoms with Gasteiger partial charge in [0.2, 0.25) is 0 Å². The molecule has 6 N–H and O–H groups in total. The van der Waals surface area contributed by atoms with E-state index in [1.54, 1.807) is 0 Å².